The van der Waals surface area contributed by atoms with Gasteiger partial charge in [-0.3, -0.25) is 4.79 Å². The van der Waals surface area contributed by atoms with E-state index in [9.17, 15) is 13.2 Å². The molecule has 1 aromatic rings. The van der Waals surface area contributed by atoms with Crippen LogP contribution in [0.5, 0.6) is 11.5 Å². The quantitative estimate of drug-likeness (QED) is 0.766. The van der Waals surface area contributed by atoms with Crippen molar-refractivity contribution in [2.75, 3.05) is 30.6 Å². The highest BCUT2D eigenvalue weighted by Crippen LogP contribution is 2.45. The van der Waals surface area contributed by atoms with E-state index in [1.165, 1.54) is 11.8 Å². The van der Waals surface area contributed by atoms with E-state index in [1.54, 1.807) is 26.4 Å². The van der Waals surface area contributed by atoms with E-state index < -0.39 is 9.84 Å². The van der Waals surface area contributed by atoms with Crippen LogP contribution in [0.25, 0.3) is 0 Å². The number of thioether (sulfide) groups is 1. The molecule has 4 rings (SSSR count). The van der Waals surface area contributed by atoms with Crippen LogP contribution in [0, 0.1) is 5.92 Å². The predicted octanol–water partition coefficient (Wildman–Crippen LogP) is 1.72. The van der Waals surface area contributed by atoms with Gasteiger partial charge in [-0.25, -0.2) is 8.42 Å². The number of carbonyl (C=O) groups excluding carboxylic acids is 1. The summed E-state index contributed by atoms with van der Waals surface area (Å²) in [4.78, 5) is 18.4. The van der Waals surface area contributed by atoms with Crippen LogP contribution >= 0.6 is 11.8 Å². The van der Waals surface area contributed by atoms with Crippen molar-refractivity contribution >= 4 is 38.4 Å². The highest BCUT2D eigenvalue weighted by atomic mass is 32.2. The highest BCUT2D eigenvalue weighted by molar-refractivity contribution is 8.16. The number of anilines is 1. The van der Waals surface area contributed by atoms with Crippen molar-refractivity contribution in [2.45, 2.75) is 24.1 Å². The van der Waals surface area contributed by atoms with Gasteiger partial charge in [0.2, 0.25) is 0 Å². The van der Waals surface area contributed by atoms with Gasteiger partial charge < -0.3 is 14.4 Å². The fraction of sp³-hybridized carbons (Fsp3) is 0.529. The van der Waals surface area contributed by atoms with E-state index in [1.807, 2.05) is 11.0 Å². The topological polar surface area (TPSA) is 85.3 Å². The van der Waals surface area contributed by atoms with Gasteiger partial charge in [0.25, 0.3) is 5.91 Å². The summed E-state index contributed by atoms with van der Waals surface area (Å²) in [6, 6.07) is 5.11. The van der Waals surface area contributed by atoms with Crippen molar-refractivity contribution in [1.82, 2.24) is 0 Å². The number of aliphatic imine (C=N–C) groups is 1. The maximum atomic E-state index is 12.2. The molecule has 3 fully saturated rings. The van der Waals surface area contributed by atoms with Crippen LogP contribution in [0.3, 0.4) is 0 Å². The zero-order valence-corrected chi connectivity index (χ0v) is 16.2. The number of methoxy groups -OCH3 is 2. The Morgan fingerprint density at radius 3 is 2.65 bits per heavy atom. The van der Waals surface area contributed by atoms with E-state index in [-0.39, 0.29) is 34.6 Å². The van der Waals surface area contributed by atoms with Gasteiger partial charge >= 0.3 is 0 Å². The lowest BCUT2D eigenvalue weighted by Crippen LogP contribution is -2.38. The normalized spacial score (nSPS) is 28.2. The standard InChI is InChI=1S/C17H20N2O5S2/c1-23-11-5-6-12(14(7-11)24-2)19-13-8-26(21,22)9-15(13)25-17(19)18-16(20)10-3-4-10/h5-7,10,13,15H,3-4,8-9H2,1-2H3. The summed E-state index contributed by atoms with van der Waals surface area (Å²) in [6.45, 7) is 0. The molecular formula is C17H20N2O5S2. The Hall–Kier alpha value is -1.74. The molecule has 1 amide bonds. The summed E-state index contributed by atoms with van der Waals surface area (Å²) >= 11 is 1.38. The van der Waals surface area contributed by atoms with Gasteiger partial charge in [0.15, 0.2) is 15.0 Å². The molecule has 0 radical (unpaired) electrons. The Morgan fingerprint density at radius 1 is 1.23 bits per heavy atom. The Kier molecular flexibility index (Phi) is 4.38. The molecule has 3 aliphatic rings. The van der Waals surface area contributed by atoms with Crippen LogP contribution in [0.4, 0.5) is 5.69 Å². The van der Waals surface area contributed by atoms with Gasteiger partial charge in [0.1, 0.15) is 11.5 Å². The van der Waals surface area contributed by atoms with E-state index in [0.717, 1.165) is 12.8 Å². The van der Waals surface area contributed by atoms with Gasteiger partial charge in [0, 0.05) is 17.2 Å². The number of hydrogen-bond acceptors (Lipinski definition) is 6. The first kappa shape index (κ1) is 17.7. The molecule has 2 aliphatic heterocycles. The molecule has 2 heterocycles. The van der Waals surface area contributed by atoms with Crippen molar-refractivity contribution in [3.8, 4) is 11.5 Å². The number of hydrogen-bond donors (Lipinski definition) is 0. The Morgan fingerprint density at radius 2 is 2.00 bits per heavy atom. The first-order valence-corrected chi connectivity index (χ1v) is 11.1. The van der Waals surface area contributed by atoms with Crippen LogP contribution in [0.1, 0.15) is 12.8 Å². The second-order valence-electron chi connectivity index (χ2n) is 6.72. The minimum atomic E-state index is -3.10. The first-order chi connectivity index (χ1) is 12.4. The van der Waals surface area contributed by atoms with Crippen LogP contribution in [-0.4, -0.2) is 56.5 Å². The monoisotopic (exact) mass is 396 g/mol. The van der Waals surface area contributed by atoms with Gasteiger partial charge in [0.05, 0.1) is 37.5 Å². The number of carbonyl (C=O) groups is 1. The number of benzene rings is 1. The zero-order valence-electron chi connectivity index (χ0n) is 14.5. The molecule has 2 unspecified atom stereocenters. The molecule has 1 aromatic carbocycles. The predicted molar refractivity (Wildman–Crippen MR) is 101 cm³/mol. The summed E-state index contributed by atoms with van der Waals surface area (Å²) in [5.74, 6) is 1.26. The average molecular weight is 396 g/mol. The molecule has 1 saturated carbocycles. The summed E-state index contributed by atoms with van der Waals surface area (Å²) in [6.07, 6.45) is 1.76. The van der Waals surface area contributed by atoms with Crippen molar-refractivity contribution in [2.24, 2.45) is 10.9 Å². The van der Waals surface area contributed by atoms with E-state index in [0.29, 0.717) is 22.4 Å². The minimum absolute atomic E-state index is 0.0203. The number of nitrogens with zero attached hydrogens (tertiary/aromatic N) is 2. The van der Waals surface area contributed by atoms with Crippen LogP contribution in [0.2, 0.25) is 0 Å². The van der Waals surface area contributed by atoms with Crippen molar-refractivity contribution in [3.63, 3.8) is 0 Å². The lowest BCUT2D eigenvalue weighted by Gasteiger charge is -2.26. The third-order valence-electron chi connectivity index (χ3n) is 4.85. The molecule has 140 valence electrons. The van der Waals surface area contributed by atoms with Crippen molar-refractivity contribution in [3.05, 3.63) is 18.2 Å². The van der Waals surface area contributed by atoms with Gasteiger partial charge in [-0.2, -0.15) is 4.99 Å². The molecule has 9 heteroatoms. The molecule has 1 aliphatic carbocycles. The van der Waals surface area contributed by atoms with Crippen LogP contribution in [0.15, 0.2) is 23.2 Å². The first-order valence-electron chi connectivity index (χ1n) is 8.43. The molecule has 0 bridgehead atoms. The fourth-order valence-corrected chi connectivity index (χ4v) is 7.26. The van der Waals surface area contributed by atoms with E-state index >= 15 is 0 Å². The maximum absolute atomic E-state index is 12.2. The number of rotatable bonds is 4. The van der Waals surface area contributed by atoms with Gasteiger partial charge in [-0.05, 0) is 25.0 Å². The summed E-state index contributed by atoms with van der Waals surface area (Å²) in [5, 5.41) is 0.438. The van der Waals surface area contributed by atoms with Gasteiger partial charge in [-0.1, -0.05) is 11.8 Å². The zero-order chi connectivity index (χ0) is 18.5. The third-order valence-corrected chi connectivity index (χ3v) is 8.06. The molecule has 7 nitrogen and oxygen atoms in total. The minimum Gasteiger partial charge on any atom is -0.497 e. The molecule has 0 spiro atoms. The lowest BCUT2D eigenvalue weighted by atomic mass is 10.2. The maximum Gasteiger partial charge on any atom is 0.251 e. The number of amidine groups is 1. The largest absolute Gasteiger partial charge is 0.497 e. The van der Waals surface area contributed by atoms with Crippen LogP contribution < -0.4 is 14.4 Å². The molecular weight excluding hydrogens is 376 g/mol. The lowest BCUT2D eigenvalue weighted by molar-refractivity contribution is -0.118. The summed E-state index contributed by atoms with van der Waals surface area (Å²) in [5.41, 5.74) is 0.702. The smallest absolute Gasteiger partial charge is 0.251 e. The number of ether oxygens (including phenoxy) is 2. The second kappa shape index (κ2) is 6.45. The molecule has 2 atom stereocenters. The summed E-state index contributed by atoms with van der Waals surface area (Å²) in [7, 11) is 0.0198. The molecule has 26 heavy (non-hydrogen) atoms. The number of fused-ring (bicyclic) bond motifs is 1. The van der Waals surface area contributed by atoms with Crippen molar-refractivity contribution < 1.29 is 22.7 Å². The summed E-state index contributed by atoms with van der Waals surface area (Å²) < 4.78 is 35.0. The Bertz CT molecular complexity index is 879. The van der Waals surface area contributed by atoms with E-state index in [2.05, 4.69) is 4.99 Å². The van der Waals surface area contributed by atoms with E-state index in [4.69, 9.17) is 9.47 Å². The molecule has 0 aromatic heterocycles. The van der Waals surface area contributed by atoms with Crippen LogP contribution in [-0.2, 0) is 14.6 Å². The fourth-order valence-electron chi connectivity index (χ4n) is 3.35. The Balaban J connectivity index is 1.76. The van der Waals surface area contributed by atoms with Crippen molar-refractivity contribution in [1.29, 1.82) is 0 Å². The highest BCUT2D eigenvalue weighted by Gasteiger charge is 2.50. The van der Waals surface area contributed by atoms with Gasteiger partial charge in [-0.15, -0.1) is 0 Å². The number of amides is 1. The third kappa shape index (κ3) is 3.18. The average Bonchev–Trinajstić information content (AvgIpc) is 3.35. The molecule has 2 saturated heterocycles. The Labute approximate surface area is 156 Å². The molecule has 0 N–H and O–H groups in total. The number of sulfone groups is 1. The second-order valence-corrected chi connectivity index (χ2v) is 10.1. The SMILES string of the molecule is COc1ccc(N2C(=NC(=O)C3CC3)SC3CS(=O)(=O)CC32)c(OC)c1.